The molecule has 1 amide bonds. The Hall–Kier alpha value is -0.940. The number of nitrogens with one attached hydrogen (secondary N) is 2. The van der Waals surface area contributed by atoms with E-state index in [4.69, 9.17) is 0 Å². The molecule has 17 heavy (non-hydrogen) atoms. The number of aromatic nitrogens is 1. The molecule has 1 aromatic rings. The predicted molar refractivity (Wildman–Crippen MR) is 69.2 cm³/mol. The largest absolute Gasteiger partial charge is 0.354 e. The molecule has 0 aromatic carbocycles. The lowest BCUT2D eigenvalue weighted by Crippen LogP contribution is -2.37. The minimum absolute atomic E-state index is 0.0756. The Morgan fingerprint density at radius 1 is 1.71 bits per heavy atom. The maximum absolute atomic E-state index is 11.7. The normalized spacial score (nSPS) is 19.5. The summed E-state index contributed by atoms with van der Waals surface area (Å²) < 4.78 is 0. The molecule has 1 atom stereocenters. The van der Waals surface area contributed by atoms with Crippen molar-refractivity contribution in [2.45, 2.75) is 38.6 Å². The molecular formula is C12H19N3OS. The smallest absolute Gasteiger partial charge is 0.226 e. The zero-order valence-electron chi connectivity index (χ0n) is 10.2. The Bertz CT molecular complexity index is 372. The van der Waals surface area contributed by atoms with Crippen molar-refractivity contribution in [3.8, 4) is 0 Å². The van der Waals surface area contributed by atoms with E-state index >= 15 is 0 Å². The Morgan fingerprint density at radius 3 is 3.24 bits per heavy atom. The number of rotatable bonds is 5. The summed E-state index contributed by atoms with van der Waals surface area (Å²) in [4.78, 5) is 16.1. The van der Waals surface area contributed by atoms with Crippen LogP contribution in [0, 0.1) is 0 Å². The second-order valence-corrected chi connectivity index (χ2v) is 5.30. The molecule has 2 N–H and O–H groups in total. The molecule has 0 radical (unpaired) electrons. The number of thiazole rings is 1. The maximum atomic E-state index is 11.7. The summed E-state index contributed by atoms with van der Waals surface area (Å²) in [5.41, 5.74) is 0.892. The quantitative estimate of drug-likeness (QED) is 0.826. The van der Waals surface area contributed by atoms with Gasteiger partial charge in [0.1, 0.15) is 0 Å². The standard InChI is InChI=1S/C12H19N3OS/c1-2-12-15-10(8-17-12)6-11(16)14-7-9-4-3-5-13-9/h8-9,13H,2-7H2,1H3,(H,14,16). The summed E-state index contributed by atoms with van der Waals surface area (Å²) in [6.07, 6.45) is 3.73. The van der Waals surface area contributed by atoms with Crippen LogP contribution < -0.4 is 10.6 Å². The summed E-state index contributed by atoms with van der Waals surface area (Å²) in [6, 6.07) is 0.459. The Labute approximate surface area is 106 Å². The number of carbonyl (C=O) groups is 1. The van der Waals surface area contributed by atoms with E-state index in [1.54, 1.807) is 11.3 Å². The number of nitrogens with zero attached hydrogens (tertiary/aromatic N) is 1. The van der Waals surface area contributed by atoms with E-state index < -0.39 is 0 Å². The van der Waals surface area contributed by atoms with Gasteiger partial charge in [0, 0.05) is 18.0 Å². The number of aryl methyl sites for hydroxylation is 1. The van der Waals surface area contributed by atoms with Crippen LogP contribution in [0.3, 0.4) is 0 Å². The fraction of sp³-hybridized carbons (Fsp3) is 0.667. The molecule has 1 aromatic heterocycles. The molecule has 5 heteroatoms. The van der Waals surface area contributed by atoms with Crippen molar-refractivity contribution >= 4 is 17.2 Å². The number of hydrogen-bond acceptors (Lipinski definition) is 4. The van der Waals surface area contributed by atoms with E-state index in [9.17, 15) is 4.79 Å². The van der Waals surface area contributed by atoms with Crippen molar-refractivity contribution in [2.24, 2.45) is 0 Å². The van der Waals surface area contributed by atoms with Crippen LogP contribution in [-0.4, -0.2) is 30.0 Å². The average molecular weight is 253 g/mol. The highest BCUT2D eigenvalue weighted by atomic mass is 32.1. The van der Waals surface area contributed by atoms with E-state index in [1.807, 2.05) is 5.38 Å². The minimum Gasteiger partial charge on any atom is -0.354 e. The van der Waals surface area contributed by atoms with Gasteiger partial charge in [-0.3, -0.25) is 4.79 Å². The summed E-state index contributed by atoms with van der Waals surface area (Å²) in [5, 5.41) is 9.40. The van der Waals surface area contributed by atoms with Gasteiger partial charge in [-0.25, -0.2) is 4.98 Å². The number of amides is 1. The Balaban J connectivity index is 1.72. The summed E-state index contributed by atoms with van der Waals surface area (Å²) in [5.74, 6) is 0.0756. The molecule has 2 rings (SSSR count). The third-order valence-electron chi connectivity index (χ3n) is 2.95. The van der Waals surface area contributed by atoms with Crippen molar-refractivity contribution in [3.05, 3.63) is 16.1 Å². The van der Waals surface area contributed by atoms with Gasteiger partial charge < -0.3 is 10.6 Å². The highest BCUT2D eigenvalue weighted by molar-refractivity contribution is 7.09. The lowest BCUT2D eigenvalue weighted by atomic mass is 10.2. The molecule has 0 bridgehead atoms. The first-order valence-corrected chi connectivity index (χ1v) is 7.09. The van der Waals surface area contributed by atoms with E-state index in [-0.39, 0.29) is 5.91 Å². The van der Waals surface area contributed by atoms with Gasteiger partial charge in [0.2, 0.25) is 5.91 Å². The maximum Gasteiger partial charge on any atom is 0.226 e. The molecule has 1 aliphatic rings. The topological polar surface area (TPSA) is 54.0 Å². The van der Waals surface area contributed by atoms with Crippen LogP contribution in [0.25, 0.3) is 0 Å². The van der Waals surface area contributed by atoms with E-state index in [1.165, 1.54) is 6.42 Å². The first kappa shape index (κ1) is 12.5. The van der Waals surface area contributed by atoms with Crippen LogP contribution in [-0.2, 0) is 17.6 Å². The molecule has 4 nitrogen and oxygen atoms in total. The van der Waals surface area contributed by atoms with E-state index in [2.05, 4.69) is 22.5 Å². The lowest BCUT2D eigenvalue weighted by Gasteiger charge is -2.10. The van der Waals surface area contributed by atoms with Gasteiger partial charge in [0.05, 0.1) is 17.1 Å². The average Bonchev–Trinajstić information content (AvgIpc) is 2.97. The van der Waals surface area contributed by atoms with Crippen LogP contribution >= 0.6 is 11.3 Å². The second-order valence-electron chi connectivity index (χ2n) is 4.36. The number of hydrogen-bond donors (Lipinski definition) is 2. The monoisotopic (exact) mass is 253 g/mol. The molecule has 0 aliphatic carbocycles. The third-order valence-corrected chi connectivity index (χ3v) is 3.99. The molecule has 0 saturated carbocycles. The molecule has 1 unspecified atom stereocenters. The van der Waals surface area contributed by atoms with Crippen molar-refractivity contribution in [3.63, 3.8) is 0 Å². The van der Waals surface area contributed by atoms with Gasteiger partial charge in [-0.05, 0) is 25.8 Å². The van der Waals surface area contributed by atoms with E-state index in [0.717, 1.165) is 36.6 Å². The number of carbonyl (C=O) groups excluding carboxylic acids is 1. The first-order chi connectivity index (χ1) is 8.28. The zero-order valence-corrected chi connectivity index (χ0v) is 11.0. The van der Waals surface area contributed by atoms with Crippen LogP contribution in [0.5, 0.6) is 0 Å². The van der Waals surface area contributed by atoms with Gasteiger partial charge in [0.15, 0.2) is 0 Å². The fourth-order valence-corrected chi connectivity index (χ4v) is 2.73. The van der Waals surface area contributed by atoms with Crippen LogP contribution in [0.1, 0.15) is 30.5 Å². The molecule has 1 saturated heterocycles. The van der Waals surface area contributed by atoms with Crippen LogP contribution in [0.2, 0.25) is 0 Å². The van der Waals surface area contributed by atoms with Crippen molar-refractivity contribution < 1.29 is 4.79 Å². The SMILES string of the molecule is CCc1nc(CC(=O)NCC2CCCN2)cs1. The minimum atomic E-state index is 0.0756. The molecule has 94 valence electrons. The second kappa shape index (κ2) is 6.12. The van der Waals surface area contributed by atoms with Gasteiger partial charge in [-0.15, -0.1) is 11.3 Å². The molecule has 2 heterocycles. The highest BCUT2D eigenvalue weighted by Gasteiger charge is 2.15. The molecular weight excluding hydrogens is 234 g/mol. The highest BCUT2D eigenvalue weighted by Crippen LogP contribution is 2.10. The lowest BCUT2D eigenvalue weighted by molar-refractivity contribution is -0.120. The molecule has 1 fully saturated rings. The van der Waals surface area contributed by atoms with Gasteiger partial charge in [-0.1, -0.05) is 6.92 Å². The summed E-state index contributed by atoms with van der Waals surface area (Å²) >= 11 is 1.63. The van der Waals surface area contributed by atoms with Crippen molar-refractivity contribution in [1.29, 1.82) is 0 Å². The summed E-state index contributed by atoms with van der Waals surface area (Å²) in [6.45, 7) is 3.89. The van der Waals surface area contributed by atoms with Gasteiger partial charge in [-0.2, -0.15) is 0 Å². The predicted octanol–water partition coefficient (Wildman–Crippen LogP) is 1.12. The van der Waals surface area contributed by atoms with Crippen LogP contribution in [0.15, 0.2) is 5.38 Å². The molecule has 1 aliphatic heterocycles. The zero-order chi connectivity index (χ0) is 12.1. The van der Waals surface area contributed by atoms with Crippen LogP contribution in [0.4, 0.5) is 0 Å². The van der Waals surface area contributed by atoms with E-state index in [0.29, 0.717) is 12.5 Å². The summed E-state index contributed by atoms with van der Waals surface area (Å²) in [7, 11) is 0. The first-order valence-electron chi connectivity index (χ1n) is 6.21. The molecule has 0 spiro atoms. The Kier molecular flexibility index (Phi) is 4.50. The van der Waals surface area contributed by atoms with Crippen molar-refractivity contribution in [1.82, 2.24) is 15.6 Å². The van der Waals surface area contributed by atoms with Crippen molar-refractivity contribution in [2.75, 3.05) is 13.1 Å². The fourth-order valence-electron chi connectivity index (χ4n) is 1.99. The third kappa shape index (κ3) is 3.78. The van der Waals surface area contributed by atoms with Gasteiger partial charge in [0.25, 0.3) is 0 Å². The van der Waals surface area contributed by atoms with Gasteiger partial charge >= 0.3 is 0 Å². The Morgan fingerprint density at radius 2 is 2.59 bits per heavy atom.